The van der Waals surface area contributed by atoms with Crippen LogP contribution in [-0.4, -0.2) is 21.7 Å². The van der Waals surface area contributed by atoms with E-state index in [1.54, 1.807) is 0 Å². The maximum absolute atomic E-state index is 5.89. The minimum absolute atomic E-state index is 0.119. The topological polar surface area (TPSA) is 50.7 Å². The van der Waals surface area contributed by atoms with Crippen LogP contribution in [0.3, 0.4) is 0 Å². The van der Waals surface area contributed by atoms with Crippen LogP contribution in [0, 0.1) is 11.8 Å². The Morgan fingerprint density at radius 1 is 1.29 bits per heavy atom. The molecule has 0 aliphatic heterocycles. The molecule has 2 unspecified atom stereocenters. The number of aromatic nitrogens is 3. The Morgan fingerprint density at radius 2 is 2.12 bits per heavy atom. The van der Waals surface area contributed by atoms with Gasteiger partial charge in [-0.1, -0.05) is 31.4 Å². The van der Waals surface area contributed by atoms with Crippen molar-refractivity contribution in [3.05, 3.63) is 10.4 Å². The minimum atomic E-state index is 0.119. The molecule has 1 aromatic heterocycles. The van der Waals surface area contributed by atoms with Crippen molar-refractivity contribution >= 4 is 29.0 Å². The third-order valence-corrected chi connectivity index (χ3v) is 3.64. The molecule has 17 heavy (non-hydrogen) atoms. The van der Waals surface area contributed by atoms with E-state index in [0.717, 1.165) is 12.5 Å². The number of hydrogen-bond acceptors (Lipinski definition) is 4. The normalized spacial score (nSPS) is 24.6. The van der Waals surface area contributed by atoms with Crippen LogP contribution in [0.15, 0.2) is 0 Å². The van der Waals surface area contributed by atoms with Gasteiger partial charge in [-0.15, -0.1) is 10.2 Å². The maximum atomic E-state index is 5.89. The van der Waals surface area contributed by atoms with E-state index in [2.05, 4.69) is 27.4 Å². The van der Waals surface area contributed by atoms with Crippen molar-refractivity contribution in [2.75, 3.05) is 11.9 Å². The van der Waals surface area contributed by atoms with Gasteiger partial charge in [0.1, 0.15) is 0 Å². The van der Waals surface area contributed by atoms with Crippen LogP contribution in [0.5, 0.6) is 0 Å². The number of rotatable bonds is 3. The monoisotopic (exact) mass is 274 g/mol. The predicted octanol–water partition coefficient (Wildman–Crippen LogP) is 3.42. The fraction of sp³-hybridized carbons (Fsp3) is 0.727. The van der Waals surface area contributed by atoms with Crippen molar-refractivity contribution in [1.82, 2.24) is 15.2 Å². The fourth-order valence-corrected chi connectivity index (χ4v) is 2.66. The fourth-order valence-electron chi connectivity index (χ4n) is 2.39. The summed E-state index contributed by atoms with van der Waals surface area (Å²) in [6.07, 6.45) is 5.18. The third-order valence-electron chi connectivity index (χ3n) is 3.22. The average molecular weight is 275 g/mol. The smallest absolute Gasteiger partial charge is 0.245 e. The molecule has 2 rings (SSSR count). The zero-order valence-corrected chi connectivity index (χ0v) is 11.3. The summed E-state index contributed by atoms with van der Waals surface area (Å²) in [6.45, 7) is 3.18. The van der Waals surface area contributed by atoms with Crippen LogP contribution < -0.4 is 5.32 Å². The third kappa shape index (κ3) is 3.68. The minimum Gasteiger partial charge on any atom is -0.367 e. The van der Waals surface area contributed by atoms with E-state index in [9.17, 15) is 0 Å². The van der Waals surface area contributed by atoms with Gasteiger partial charge in [0, 0.05) is 6.54 Å². The zero-order valence-electron chi connectivity index (χ0n) is 9.79. The lowest BCUT2D eigenvalue weighted by molar-refractivity contribution is 0.293. The molecule has 4 nitrogen and oxygen atoms in total. The second-order valence-corrected chi connectivity index (χ2v) is 5.44. The number of hydrogen-bond donors (Lipinski definition) is 1. The first-order chi connectivity index (χ1) is 8.15. The van der Waals surface area contributed by atoms with E-state index in [0.29, 0.717) is 11.7 Å². The quantitative estimate of drug-likeness (QED) is 0.918. The molecular formula is C11H16Cl2N4. The Morgan fingerprint density at radius 3 is 2.88 bits per heavy atom. The standard InChI is InChI=1S/C11H16Cl2N4/c1-7-3-2-4-8(5-7)6-14-10-9(12)16-17-11(13)15-10/h7-8H,2-6H2,1H3,(H,14,15,17). The molecule has 1 heterocycles. The van der Waals surface area contributed by atoms with Crippen molar-refractivity contribution < 1.29 is 0 Å². The first kappa shape index (κ1) is 12.8. The first-order valence-electron chi connectivity index (χ1n) is 5.94. The molecule has 1 fully saturated rings. The summed E-state index contributed by atoms with van der Waals surface area (Å²) in [5, 5.41) is 10.9. The van der Waals surface area contributed by atoms with E-state index in [1.165, 1.54) is 25.7 Å². The van der Waals surface area contributed by atoms with Crippen molar-refractivity contribution in [1.29, 1.82) is 0 Å². The summed E-state index contributed by atoms with van der Waals surface area (Å²) in [7, 11) is 0. The summed E-state index contributed by atoms with van der Waals surface area (Å²) in [4.78, 5) is 4.02. The van der Waals surface area contributed by atoms with Gasteiger partial charge in [-0.2, -0.15) is 4.98 Å². The number of nitrogens with one attached hydrogen (secondary N) is 1. The maximum Gasteiger partial charge on any atom is 0.245 e. The molecule has 6 heteroatoms. The molecule has 1 aromatic rings. The number of anilines is 1. The highest BCUT2D eigenvalue weighted by Gasteiger charge is 2.19. The zero-order chi connectivity index (χ0) is 12.3. The Hall–Kier alpha value is -0.610. The van der Waals surface area contributed by atoms with Crippen LogP contribution in [-0.2, 0) is 0 Å². The number of nitrogens with zero attached hydrogens (tertiary/aromatic N) is 3. The van der Waals surface area contributed by atoms with Crippen molar-refractivity contribution in [2.24, 2.45) is 11.8 Å². The lowest BCUT2D eigenvalue weighted by Gasteiger charge is -2.26. The second-order valence-electron chi connectivity index (χ2n) is 4.74. The molecule has 1 aliphatic rings. The first-order valence-corrected chi connectivity index (χ1v) is 6.70. The van der Waals surface area contributed by atoms with Gasteiger partial charge in [0.05, 0.1) is 0 Å². The summed E-state index contributed by atoms with van der Waals surface area (Å²) >= 11 is 11.6. The predicted molar refractivity (Wildman–Crippen MR) is 69.5 cm³/mol. The molecule has 0 bridgehead atoms. The summed E-state index contributed by atoms with van der Waals surface area (Å²) in [5.41, 5.74) is 0. The SMILES string of the molecule is CC1CCCC(CNc2nc(Cl)nnc2Cl)C1. The van der Waals surface area contributed by atoms with E-state index >= 15 is 0 Å². The van der Waals surface area contributed by atoms with Gasteiger partial charge in [-0.05, 0) is 36.3 Å². The van der Waals surface area contributed by atoms with Gasteiger partial charge >= 0.3 is 0 Å². The van der Waals surface area contributed by atoms with Crippen LogP contribution in [0.25, 0.3) is 0 Å². The summed E-state index contributed by atoms with van der Waals surface area (Å²) in [6, 6.07) is 0. The van der Waals surface area contributed by atoms with Gasteiger partial charge in [-0.3, -0.25) is 0 Å². The van der Waals surface area contributed by atoms with Gasteiger partial charge in [0.15, 0.2) is 11.0 Å². The van der Waals surface area contributed by atoms with Crippen LogP contribution in [0.1, 0.15) is 32.6 Å². The largest absolute Gasteiger partial charge is 0.367 e. The molecule has 1 aliphatic carbocycles. The second kappa shape index (κ2) is 5.83. The number of halogens is 2. The molecular weight excluding hydrogens is 259 g/mol. The molecule has 1 saturated carbocycles. The van der Waals surface area contributed by atoms with Crippen molar-refractivity contribution in [2.45, 2.75) is 32.6 Å². The van der Waals surface area contributed by atoms with E-state index in [-0.39, 0.29) is 10.4 Å². The molecule has 0 spiro atoms. The van der Waals surface area contributed by atoms with Crippen molar-refractivity contribution in [3.8, 4) is 0 Å². The van der Waals surface area contributed by atoms with Gasteiger partial charge in [0.25, 0.3) is 0 Å². The van der Waals surface area contributed by atoms with Gasteiger partial charge in [-0.25, -0.2) is 0 Å². The molecule has 94 valence electrons. The lowest BCUT2D eigenvalue weighted by Crippen LogP contribution is -2.21. The molecule has 2 atom stereocenters. The lowest BCUT2D eigenvalue weighted by atomic mass is 9.82. The van der Waals surface area contributed by atoms with E-state index in [4.69, 9.17) is 23.2 Å². The van der Waals surface area contributed by atoms with Gasteiger partial charge in [0.2, 0.25) is 5.28 Å². The Bertz CT molecular complexity index is 386. The van der Waals surface area contributed by atoms with Gasteiger partial charge < -0.3 is 5.32 Å². The van der Waals surface area contributed by atoms with Crippen LogP contribution in [0.4, 0.5) is 5.82 Å². The summed E-state index contributed by atoms with van der Waals surface area (Å²) in [5.74, 6) is 2.03. The highest BCUT2D eigenvalue weighted by atomic mass is 35.5. The van der Waals surface area contributed by atoms with E-state index < -0.39 is 0 Å². The van der Waals surface area contributed by atoms with E-state index in [1.807, 2.05) is 0 Å². The highest BCUT2D eigenvalue weighted by Crippen LogP contribution is 2.29. The average Bonchev–Trinajstić information content (AvgIpc) is 2.30. The molecule has 1 N–H and O–H groups in total. The van der Waals surface area contributed by atoms with Crippen molar-refractivity contribution in [3.63, 3.8) is 0 Å². The highest BCUT2D eigenvalue weighted by molar-refractivity contribution is 6.32. The Kier molecular flexibility index (Phi) is 4.40. The Labute approximate surface area is 111 Å². The molecule has 0 amide bonds. The van der Waals surface area contributed by atoms with Crippen LogP contribution in [0.2, 0.25) is 10.4 Å². The molecule has 0 aromatic carbocycles. The molecule has 0 saturated heterocycles. The Balaban J connectivity index is 1.90. The van der Waals surface area contributed by atoms with Crippen LogP contribution >= 0.6 is 23.2 Å². The summed E-state index contributed by atoms with van der Waals surface area (Å²) < 4.78 is 0. The molecule has 0 radical (unpaired) electrons.